The maximum absolute atomic E-state index is 11.1. The minimum absolute atomic E-state index is 0.148. The summed E-state index contributed by atoms with van der Waals surface area (Å²) in [5.41, 5.74) is 0.148. The molecule has 1 aromatic heterocycles. The zero-order valence-electron chi connectivity index (χ0n) is 10.9. The van der Waals surface area contributed by atoms with Crippen molar-refractivity contribution in [1.29, 1.82) is 0 Å². The summed E-state index contributed by atoms with van der Waals surface area (Å²) >= 11 is 0. The van der Waals surface area contributed by atoms with E-state index in [0.717, 1.165) is 25.3 Å². The van der Waals surface area contributed by atoms with Gasteiger partial charge in [-0.15, -0.1) is 0 Å². The van der Waals surface area contributed by atoms with Crippen molar-refractivity contribution < 1.29 is 9.90 Å². The average Bonchev–Trinajstić information content (AvgIpc) is 2.75. The Labute approximate surface area is 106 Å². The molecule has 1 aromatic rings. The summed E-state index contributed by atoms with van der Waals surface area (Å²) in [6.07, 6.45) is 2.44. The van der Waals surface area contributed by atoms with E-state index in [9.17, 15) is 4.79 Å². The smallest absolute Gasteiger partial charge is 0.341 e. The van der Waals surface area contributed by atoms with E-state index >= 15 is 0 Å². The Bertz CT molecular complexity index is 461. The van der Waals surface area contributed by atoms with Crippen LogP contribution in [0, 0.1) is 0 Å². The number of anilines is 1. The van der Waals surface area contributed by atoms with Gasteiger partial charge in [-0.3, -0.25) is 0 Å². The summed E-state index contributed by atoms with van der Waals surface area (Å²) in [6.45, 7) is 1.96. The minimum atomic E-state index is -0.992. The van der Waals surface area contributed by atoms with Gasteiger partial charge in [0.1, 0.15) is 17.2 Å². The fourth-order valence-corrected chi connectivity index (χ4v) is 2.22. The highest BCUT2D eigenvalue weighted by Gasteiger charge is 2.25. The Hall–Kier alpha value is -1.69. The Morgan fingerprint density at radius 3 is 2.78 bits per heavy atom. The topological polar surface area (TPSA) is 69.6 Å². The van der Waals surface area contributed by atoms with Gasteiger partial charge in [0.25, 0.3) is 0 Å². The average molecular weight is 250 g/mol. The van der Waals surface area contributed by atoms with E-state index in [0.29, 0.717) is 11.7 Å². The number of hydrogen-bond donors (Lipinski definition) is 1. The molecule has 6 heteroatoms. The van der Waals surface area contributed by atoms with Crippen LogP contribution in [0.25, 0.3) is 0 Å². The second kappa shape index (κ2) is 4.89. The highest BCUT2D eigenvalue weighted by Crippen LogP contribution is 2.25. The molecule has 0 radical (unpaired) electrons. The fraction of sp³-hybridized carbons (Fsp3) is 0.583. The lowest BCUT2D eigenvalue weighted by Crippen LogP contribution is -2.19. The van der Waals surface area contributed by atoms with Gasteiger partial charge in [0.05, 0.1) is 0 Å². The molecule has 1 saturated heterocycles. The third-order valence-electron chi connectivity index (χ3n) is 3.20. The van der Waals surface area contributed by atoms with Gasteiger partial charge in [0.15, 0.2) is 0 Å². The molecule has 18 heavy (non-hydrogen) atoms. The lowest BCUT2D eigenvalue weighted by molar-refractivity contribution is 0.0696. The van der Waals surface area contributed by atoms with E-state index < -0.39 is 5.97 Å². The van der Waals surface area contributed by atoms with E-state index in [1.807, 2.05) is 0 Å². The molecule has 0 bridgehead atoms. The van der Waals surface area contributed by atoms with Gasteiger partial charge >= 0.3 is 5.97 Å². The normalized spacial score (nSPS) is 20.1. The van der Waals surface area contributed by atoms with Gasteiger partial charge in [0, 0.05) is 32.8 Å². The monoisotopic (exact) mass is 250 g/mol. The number of nitrogens with zero attached hydrogens (tertiary/aromatic N) is 4. The van der Waals surface area contributed by atoms with Crippen molar-refractivity contribution in [3.8, 4) is 0 Å². The van der Waals surface area contributed by atoms with Crippen LogP contribution in [0.4, 0.5) is 5.82 Å². The number of carbonyl (C=O) groups is 1. The van der Waals surface area contributed by atoms with E-state index in [-0.39, 0.29) is 5.56 Å². The van der Waals surface area contributed by atoms with Crippen molar-refractivity contribution in [3.63, 3.8) is 0 Å². The third kappa shape index (κ3) is 2.43. The molecule has 0 aliphatic carbocycles. The van der Waals surface area contributed by atoms with Crippen LogP contribution in [0.15, 0.2) is 6.20 Å². The Balaban J connectivity index is 2.34. The zero-order chi connectivity index (χ0) is 13.3. The summed E-state index contributed by atoms with van der Waals surface area (Å²) in [6, 6.07) is 0. The summed E-state index contributed by atoms with van der Waals surface area (Å²) in [4.78, 5) is 23.7. The van der Waals surface area contributed by atoms with Gasteiger partial charge in [0.2, 0.25) is 0 Å². The number of carboxylic acid groups (broad SMARTS) is 1. The lowest BCUT2D eigenvalue weighted by atomic mass is 10.1. The quantitative estimate of drug-likeness (QED) is 0.850. The van der Waals surface area contributed by atoms with Crippen LogP contribution in [0.2, 0.25) is 0 Å². The molecule has 1 atom stereocenters. The zero-order valence-corrected chi connectivity index (χ0v) is 10.9. The molecule has 2 rings (SSSR count). The maximum atomic E-state index is 11.1. The second-order valence-corrected chi connectivity index (χ2v) is 4.91. The molecule has 98 valence electrons. The molecule has 1 N–H and O–H groups in total. The van der Waals surface area contributed by atoms with Crippen LogP contribution < -0.4 is 4.90 Å². The van der Waals surface area contributed by atoms with Crippen molar-refractivity contribution in [2.24, 2.45) is 0 Å². The number of likely N-dealkylation sites (N-methyl/N-ethyl adjacent to an activating group) is 1. The van der Waals surface area contributed by atoms with Crippen molar-refractivity contribution >= 4 is 11.8 Å². The fourth-order valence-electron chi connectivity index (χ4n) is 2.22. The molecule has 6 nitrogen and oxygen atoms in total. The van der Waals surface area contributed by atoms with E-state index in [2.05, 4.69) is 21.9 Å². The number of aromatic carboxylic acids is 1. The first kappa shape index (κ1) is 12.8. The van der Waals surface area contributed by atoms with E-state index in [1.54, 1.807) is 19.0 Å². The van der Waals surface area contributed by atoms with Crippen LogP contribution in [0.1, 0.15) is 28.5 Å². The summed E-state index contributed by atoms with van der Waals surface area (Å²) in [5, 5.41) is 9.10. The van der Waals surface area contributed by atoms with Crippen molar-refractivity contribution in [1.82, 2.24) is 14.9 Å². The number of likely N-dealkylation sites (tertiary alicyclic amines) is 1. The van der Waals surface area contributed by atoms with Crippen molar-refractivity contribution in [3.05, 3.63) is 17.6 Å². The molecule has 0 amide bonds. The Kier molecular flexibility index (Phi) is 3.47. The summed E-state index contributed by atoms with van der Waals surface area (Å²) in [7, 11) is 5.65. The molecule has 1 aliphatic heterocycles. The summed E-state index contributed by atoms with van der Waals surface area (Å²) < 4.78 is 0. The number of rotatable bonds is 3. The molecule has 1 aliphatic rings. The first-order valence-electron chi connectivity index (χ1n) is 5.95. The molecule has 0 spiro atoms. The van der Waals surface area contributed by atoms with Gasteiger partial charge < -0.3 is 14.9 Å². The Morgan fingerprint density at radius 2 is 2.28 bits per heavy atom. The van der Waals surface area contributed by atoms with E-state index in [4.69, 9.17) is 5.11 Å². The number of carboxylic acids is 1. The van der Waals surface area contributed by atoms with Crippen molar-refractivity contribution in [2.45, 2.75) is 12.3 Å². The second-order valence-electron chi connectivity index (χ2n) is 4.91. The predicted octanol–water partition coefficient (Wildman–Crippen LogP) is 0.660. The van der Waals surface area contributed by atoms with Gasteiger partial charge in [-0.2, -0.15) is 0 Å². The van der Waals surface area contributed by atoms with E-state index in [1.165, 1.54) is 6.20 Å². The SMILES string of the molecule is CN1CCC(c2ncc(C(=O)O)c(N(C)C)n2)C1. The predicted molar refractivity (Wildman–Crippen MR) is 68.2 cm³/mol. The van der Waals surface area contributed by atoms with Gasteiger partial charge in [-0.25, -0.2) is 14.8 Å². The highest BCUT2D eigenvalue weighted by atomic mass is 16.4. The molecule has 1 fully saturated rings. The van der Waals surface area contributed by atoms with Crippen LogP contribution in [0.3, 0.4) is 0 Å². The highest BCUT2D eigenvalue weighted by molar-refractivity contribution is 5.92. The van der Waals surface area contributed by atoms with Crippen LogP contribution in [0.5, 0.6) is 0 Å². The number of hydrogen-bond acceptors (Lipinski definition) is 5. The number of aromatic nitrogens is 2. The molecule has 0 aromatic carbocycles. The third-order valence-corrected chi connectivity index (χ3v) is 3.20. The standard InChI is InChI=1S/C12H18N4O2/c1-15(2)11-9(12(17)18)6-13-10(14-11)8-4-5-16(3)7-8/h6,8H,4-5,7H2,1-3H3,(H,17,18). The van der Waals surface area contributed by atoms with Crippen molar-refractivity contribution in [2.75, 3.05) is 39.1 Å². The van der Waals surface area contributed by atoms with Gasteiger partial charge in [-0.1, -0.05) is 0 Å². The first-order valence-corrected chi connectivity index (χ1v) is 5.95. The summed E-state index contributed by atoms with van der Waals surface area (Å²) in [5.74, 6) is 0.528. The maximum Gasteiger partial charge on any atom is 0.341 e. The van der Waals surface area contributed by atoms with Crippen LogP contribution in [-0.2, 0) is 0 Å². The molecule has 0 saturated carbocycles. The lowest BCUT2D eigenvalue weighted by Gasteiger charge is -2.16. The van der Waals surface area contributed by atoms with Crippen LogP contribution in [-0.4, -0.2) is 60.2 Å². The largest absolute Gasteiger partial charge is 0.477 e. The minimum Gasteiger partial charge on any atom is -0.477 e. The molecular weight excluding hydrogens is 232 g/mol. The first-order chi connectivity index (χ1) is 8.49. The molecule has 1 unspecified atom stereocenters. The molecular formula is C12H18N4O2. The van der Waals surface area contributed by atoms with Gasteiger partial charge in [-0.05, 0) is 20.0 Å². The van der Waals surface area contributed by atoms with Crippen LogP contribution >= 0.6 is 0 Å². The molecule has 2 heterocycles. The Morgan fingerprint density at radius 1 is 1.56 bits per heavy atom.